The van der Waals surface area contributed by atoms with Gasteiger partial charge in [0.15, 0.2) is 5.75 Å². The Morgan fingerprint density at radius 1 is 1.28 bits per heavy atom. The number of carboxylic acids is 1. The molecule has 0 aliphatic rings. The Bertz CT molecular complexity index is 597. The van der Waals surface area contributed by atoms with Crippen molar-refractivity contribution in [3.05, 3.63) is 47.8 Å². The third-order valence-electron chi connectivity index (χ3n) is 2.47. The Kier molecular flexibility index (Phi) is 3.14. The van der Waals surface area contributed by atoms with Gasteiger partial charge in [0.05, 0.1) is 16.9 Å². The van der Waals surface area contributed by atoms with E-state index in [-0.39, 0.29) is 11.3 Å². The van der Waals surface area contributed by atoms with E-state index in [0.717, 1.165) is 0 Å². The highest BCUT2D eigenvalue weighted by Gasteiger charge is 2.13. The second kappa shape index (κ2) is 4.75. The van der Waals surface area contributed by atoms with Gasteiger partial charge in [-0.2, -0.15) is 0 Å². The van der Waals surface area contributed by atoms with E-state index in [2.05, 4.69) is 4.98 Å². The molecule has 0 amide bonds. The second-order valence-electron chi connectivity index (χ2n) is 3.71. The molecular weight excluding hydrogens is 232 g/mol. The number of nitrogen functional groups attached to an aromatic ring is 1. The predicted molar refractivity (Wildman–Crippen MR) is 66.9 cm³/mol. The van der Waals surface area contributed by atoms with Gasteiger partial charge in [-0.3, -0.25) is 4.98 Å². The molecule has 5 nitrogen and oxygen atoms in total. The standard InChI is InChI=1S/C13H12N2O3/c1-8-10(6-3-7-15-8)18-11-5-2-4-9(12(11)14)13(16)17/h2-7H,14H2,1H3,(H,16,17). The molecule has 1 aromatic heterocycles. The highest BCUT2D eigenvalue weighted by atomic mass is 16.5. The van der Waals surface area contributed by atoms with Crippen molar-refractivity contribution in [2.75, 3.05) is 5.73 Å². The zero-order chi connectivity index (χ0) is 13.1. The van der Waals surface area contributed by atoms with Crippen molar-refractivity contribution < 1.29 is 14.6 Å². The lowest BCUT2D eigenvalue weighted by molar-refractivity contribution is 0.0698. The lowest BCUT2D eigenvalue weighted by Gasteiger charge is -2.11. The highest BCUT2D eigenvalue weighted by Crippen LogP contribution is 2.30. The molecule has 18 heavy (non-hydrogen) atoms. The summed E-state index contributed by atoms with van der Waals surface area (Å²) in [5, 5.41) is 8.96. The summed E-state index contributed by atoms with van der Waals surface area (Å²) in [6.45, 7) is 1.80. The fourth-order valence-electron chi connectivity index (χ4n) is 1.52. The van der Waals surface area contributed by atoms with Gasteiger partial charge >= 0.3 is 5.97 Å². The SMILES string of the molecule is Cc1ncccc1Oc1cccc(C(=O)O)c1N. The molecule has 2 aromatic rings. The predicted octanol–water partition coefficient (Wildman–Crippen LogP) is 2.46. The van der Waals surface area contributed by atoms with E-state index in [1.807, 2.05) is 0 Å². The van der Waals surface area contributed by atoms with Crippen LogP contribution < -0.4 is 10.5 Å². The van der Waals surface area contributed by atoms with Gasteiger partial charge in [0.1, 0.15) is 5.75 Å². The first-order valence-electron chi connectivity index (χ1n) is 5.31. The maximum atomic E-state index is 10.9. The lowest BCUT2D eigenvalue weighted by Crippen LogP contribution is -2.04. The van der Waals surface area contributed by atoms with E-state index in [0.29, 0.717) is 17.2 Å². The molecule has 1 aromatic carbocycles. The van der Waals surface area contributed by atoms with Gasteiger partial charge in [-0.1, -0.05) is 6.07 Å². The number of para-hydroxylation sites is 1. The van der Waals surface area contributed by atoms with Crippen LogP contribution in [0, 0.1) is 6.92 Å². The maximum absolute atomic E-state index is 10.9. The molecule has 0 spiro atoms. The summed E-state index contributed by atoms with van der Waals surface area (Å²) in [5.41, 5.74) is 6.59. The number of aromatic nitrogens is 1. The van der Waals surface area contributed by atoms with Gasteiger partial charge in [-0.05, 0) is 31.2 Å². The van der Waals surface area contributed by atoms with Gasteiger partial charge < -0.3 is 15.6 Å². The molecule has 3 N–H and O–H groups in total. The summed E-state index contributed by atoms with van der Waals surface area (Å²) in [5.74, 6) is -0.224. The third-order valence-corrected chi connectivity index (χ3v) is 2.47. The molecule has 0 aliphatic carbocycles. The second-order valence-corrected chi connectivity index (χ2v) is 3.71. The summed E-state index contributed by atoms with van der Waals surface area (Å²) < 4.78 is 5.58. The first-order chi connectivity index (χ1) is 8.59. The van der Waals surface area contributed by atoms with E-state index < -0.39 is 5.97 Å². The first-order valence-corrected chi connectivity index (χ1v) is 5.31. The lowest BCUT2D eigenvalue weighted by atomic mass is 10.1. The number of nitrogens with zero attached hydrogens (tertiary/aromatic N) is 1. The van der Waals surface area contributed by atoms with Gasteiger partial charge in [-0.15, -0.1) is 0 Å². The van der Waals surface area contributed by atoms with E-state index in [9.17, 15) is 4.79 Å². The van der Waals surface area contributed by atoms with Crippen molar-refractivity contribution in [3.63, 3.8) is 0 Å². The van der Waals surface area contributed by atoms with Crippen molar-refractivity contribution >= 4 is 11.7 Å². The van der Waals surface area contributed by atoms with Crippen LogP contribution in [-0.4, -0.2) is 16.1 Å². The molecule has 0 aliphatic heterocycles. The van der Waals surface area contributed by atoms with Crippen molar-refractivity contribution in [1.82, 2.24) is 4.98 Å². The number of benzene rings is 1. The molecule has 2 rings (SSSR count). The number of aryl methyl sites for hydroxylation is 1. The average Bonchev–Trinajstić information content (AvgIpc) is 2.34. The van der Waals surface area contributed by atoms with Gasteiger partial charge in [0.2, 0.25) is 0 Å². The van der Waals surface area contributed by atoms with Gasteiger partial charge in [-0.25, -0.2) is 4.79 Å². The smallest absolute Gasteiger partial charge is 0.337 e. The number of hydrogen-bond acceptors (Lipinski definition) is 4. The number of hydrogen-bond donors (Lipinski definition) is 2. The summed E-state index contributed by atoms with van der Waals surface area (Å²) >= 11 is 0. The number of ether oxygens (including phenoxy) is 1. The van der Waals surface area contributed by atoms with Crippen molar-refractivity contribution in [2.45, 2.75) is 6.92 Å². The Labute approximate surface area is 104 Å². The van der Waals surface area contributed by atoms with Gasteiger partial charge in [0, 0.05) is 6.20 Å². The Balaban J connectivity index is 2.39. The largest absolute Gasteiger partial charge is 0.478 e. The van der Waals surface area contributed by atoms with Crippen molar-refractivity contribution in [3.8, 4) is 11.5 Å². The minimum atomic E-state index is -1.08. The molecule has 0 fully saturated rings. The fourth-order valence-corrected chi connectivity index (χ4v) is 1.52. The number of aromatic carboxylic acids is 1. The van der Waals surface area contributed by atoms with Crippen LogP contribution in [0.25, 0.3) is 0 Å². The van der Waals surface area contributed by atoms with E-state index in [1.54, 1.807) is 37.4 Å². The molecule has 1 heterocycles. The van der Waals surface area contributed by atoms with Crippen LogP contribution in [0.4, 0.5) is 5.69 Å². The first kappa shape index (κ1) is 11.9. The summed E-state index contributed by atoms with van der Waals surface area (Å²) in [7, 11) is 0. The Morgan fingerprint density at radius 2 is 2.00 bits per heavy atom. The number of pyridine rings is 1. The number of anilines is 1. The molecule has 0 radical (unpaired) electrons. The molecule has 0 saturated heterocycles. The van der Waals surface area contributed by atoms with Crippen LogP contribution in [0.5, 0.6) is 11.5 Å². The zero-order valence-corrected chi connectivity index (χ0v) is 9.75. The van der Waals surface area contributed by atoms with Crippen molar-refractivity contribution in [2.24, 2.45) is 0 Å². The molecular formula is C13H12N2O3. The van der Waals surface area contributed by atoms with Crippen LogP contribution >= 0.6 is 0 Å². The van der Waals surface area contributed by atoms with Crippen LogP contribution in [0.1, 0.15) is 16.1 Å². The molecule has 92 valence electrons. The Hall–Kier alpha value is -2.56. The average molecular weight is 244 g/mol. The van der Waals surface area contributed by atoms with E-state index in [4.69, 9.17) is 15.6 Å². The quantitative estimate of drug-likeness (QED) is 0.810. The maximum Gasteiger partial charge on any atom is 0.337 e. The molecule has 0 saturated carbocycles. The van der Waals surface area contributed by atoms with Gasteiger partial charge in [0.25, 0.3) is 0 Å². The summed E-state index contributed by atoms with van der Waals surface area (Å²) in [6.07, 6.45) is 1.65. The molecule has 0 unspecified atom stereocenters. The normalized spacial score (nSPS) is 10.1. The summed E-state index contributed by atoms with van der Waals surface area (Å²) in [6, 6.07) is 8.12. The zero-order valence-electron chi connectivity index (χ0n) is 9.75. The third kappa shape index (κ3) is 2.24. The molecule has 5 heteroatoms. The highest BCUT2D eigenvalue weighted by molar-refractivity contribution is 5.95. The number of nitrogens with two attached hydrogens (primary N) is 1. The monoisotopic (exact) mass is 244 g/mol. The molecule has 0 bridgehead atoms. The van der Waals surface area contributed by atoms with Crippen LogP contribution in [0.3, 0.4) is 0 Å². The minimum absolute atomic E-state index is 0.0223. The van der Waals surface area contributed by atoms with Crippen LogP contribution in [0.2, 0.25) is 0 Å². The number of rotatable bonds is 3. The van der Waals surface area contributed by atoms with Crippen LogP contribution in [-0.2, 0) is 0 Å². The minimum Gasteiger partial charge on any atom is -0.478 e. The van der Waals surface area contributed by atoms with Crippen molar-refractivity contribution in [1.29, 1.82) is 0 Å². The van der Waals surface area contributed by atoms with E-state index >= 15 is 0 Å². The molecule has 0 atom stereocenters. The Morgan fingerprint density at radius 3 is 2.67 bits per heavy atom. The number of carbonyl (C=O) groups is 1. The van der Waals surface area contributed by atoms with E-state index in [1.165, 1.54) is 6.07 Å². The number of carboxylic acid groups (broad SMARTS) is 1. The fraction of sp³-hybridized carbons (Fsp3) is 0.0769. The summed E-state index contributed by atoms with van der Waals surface area (Å²) in [4.78, 5) is 15.0. The topological polar surface area (TPSA) is 85.4 Å². The van der Waals surface area contributed by atoms with Crippen LogP contribution in [0.15, 0.2) is 36.5 Å².